The van der Waals surface area contributed by atoms with Crippen LogP contribution in [0.2, 0.25) is 0 Å². The van der Waals surface area contributed by atoms with E-state index in [0.29, 0.717) is 6.54 Å². The summed E-state index contributed by atoms with van der Waals surface area (Å²) in [4.78, 5) is 32.7. The van der Waals surface area contributed by atoms with Gasteiger partial charge in [0.05, 0.1) is 6.61 Å². The SMILES string of the molecule is CCCCCCCCCCCCCCCCNC(=O)ONc1ccn([C@@H]2O[C@H](CO)C(O)C2O)c(=O)n1. The van der Waals surface area contributed by atoms with E-state index in [0.717, 1.165) is 23.8 Å². The largest absolute Gasteiger partial charge is 0.431 e. The number of hydrogen-bond donors (Lipinski definition) is 5. The molecule has 0 radical (unpaired) electrons. The second kappa shape index (κ2) is 18.1. The lowest BCUT2D eigenvalue weighted by atomic mass is 10.0. The number of nitrogens with zero attached hydrogens (tertiary/aromatic N) is 2. The number of aliphatic hydroxyl groups is 3. The molecule has 1 saturated heterocycles. The topological polar surface area (TPSA) is 155 Å². The number of aromatic nitrogens is 2. The zero-order chi connectivity index (χ0) is 26.9. The first-order valence-corrected chi connectivity index (χ1v) is 13.9. The maximum absolute atomic E-state index is 12.3. The molecule has 212 valence electrons. The van der Waals surface area contributed by atoms with Crippen LogP contribution in [0.1, 0.15) is 103 Å². The first-order valence-electron chi connectivity index (χ1n) is 13.9. The molecule has 1 amide bonds. The van der Waals surface area contributed by atoms with Crippen molar-refractivity contribution >= 4 is 11.9 Å². The summed E-state index contributed by atoms with van der Waals surface area (Å²) in [6.45, 7) is 2.25. The number of aliphatic hydroxyl groups excluding tert-OH is 3. The van der Waals surface area contributed by atoms with Crippen LogP contribution in [0.3, 0.4) is 0 Å². The van der Waals surface area contributed by atoms with Crippen LogP contribution < -0.4 is 16.5 Å². The van der Waals surface area contributed by atoms with Crippen molar-refractivity contribution < 1.29 is 29.7 Å². The van der Waals surface area contributed by atoms with E-state index < -0.39 is 42.9 Å². The highest BCUT2D eigenvalue weighted by Gasteiger charge is 2.43. The summed E-state index contributed by atoms with van der Waals surface area (Å²) in [6, 6.07) is 1.36. The smallest absolute Gasteiger partial charge is 0.394 e. The van der Waals surface area contributed by atoms with Gasteiger partial charge in [0.2, 0.25) is 0 Å². The third kappa shape index (κ3) is 11.4. The summed E-state index contributed by atoms with van der Waals surface area (Å²) < 4.78 is 6.31. The Morgan fingerprint density at radius 2 is 1.54 bits per heavy atom. The normalized spacial score (nSPS) is 21.2. The third-order valence-corrected chi connectivity index (χ3v) is 6.67. The Hall–Kier alpha value is -2.21. The Kier molecular flexibility index (Phi) is 15.2. The molecule has 2 heterocycles. The molecule has 2 unspecified atom stereocenters. The van der Waals surface area contributed by atoms with E-state index in [2.05, 4.69) is 22.7 Å². The van der Waals surface area contributed by atoms with E-state index in [1.54, 1.807) is 0 Å². The van der Waals surface area contributed by atoms with Crippen molar-refractivity contribution in [3.63, 3.8) is 0 Å². The molecule has 0 saturated carbocycles. The Bertz CT molecular complexity index is 822. The summed E-state index contributed by atoms with van der Waals surface area (Å²) in [5.41, 5.74) is 1.53. The van der Waals surface area contributed by atoms with Crippen molar-refractivity contribution in [1.82, 2.24) is 14.9 Å². The van der Waals surface area contributed by atoms with Crippen LogP contribution in [0.15, 0.2) is 17.1 Å². The predicted molar refractivity (Wildman–Crippen MR) is 140 cm³/mol. The van der Waals surface area contributed by atoms with Crippen molar-refractivity contribution in [2.75, 3.05) is 18.6 Å². The molecule has 5 N–H and O–H groups in total. The van der Waals surface area contributed by atoms with E-state index >= 15 is 0 Å². The van der Waals surface area contributed by atoms with Gasteiger partial charge < -0.3 is 30.2 Å². The van der Waals surface area contributed by atoms with Gasteiger partial charge >= 0.3 is 11.8 Å². The van der Waals surface area contributed by atoms with E-state index in [4.69, 9.17) is 9.57 Å². The molecule has 1 aliphatic rings. The maximum atomic E-state index is 12.3. The lowest BCUT2D eigenvalue weighted by Gasteiger charge is -2.17. The fourth-order valence-corrected chi connectivity index (χ4v) is 4.42. The van der Waals surface area contributed by atoms with Gasteiger partial charge in [-0.25, -0.2) is 9.59 Å². The molecule has 1 aromatic rings. The van der Waals surface area contributed by atoms with Crippen LogP contribution in [-0.2, 0) is 9.57 Å². The molecular formula is C26H46N4O7. The fourth-order valence-electron chi connectivity index (χ4n) is 4.42. The number of carbonyl (C=O) groups excluding carboxylic acids is 1. The van der Waals surface area contributed by atoms with Crippen LogP contribution in [0, 0.1) is 0 Å². The van der Waals surface area contributed by atoms with E-state index in [1.165, 1.54) is 82.9 Å². The van der Waals surface area contributed by atoms with Crippen molar-refractivity contribution in [1.29, 1.82) is 0 Å². The molecule has 0 bridgehead atoms. The zero-order valence-electron chi connectivity index (χ0n) is 22.1. The number of amides is 1. The van der Waals surface area contributed by atoms with Gasteiger partial charge in [0.1, 0.15) is 18.3 Å². The highest BCUT2D eigenvalue weighted by Crippen LogP contribution is 2.28. The maximum Gasteiger partial charge on any atom is 0.431 e. The molecule has 4 atom stereocenters. The summed E-state index contributed by atoms with van der Waals surface area (Å²) in [7, 11) is 0. The minimum atomic E-state index is -1.40. The third-order valence-electron chi connectivity index (χ3n) is 6.67. The Morgan fingerprint density at radius 1 is 0.973 bits per heavy atom. The molecular weight excluding hydrogens is 480 g/mol. The van der Waals surface area contributed by atoms with Crippen LogP contribution >= 0.6 is 0 Å². The predicted octanol–water partition coefficient (Wildman–Crippen LogP) is 3.39. The number of carbonyl (C=O) groups is 1. The zero-order valence-corrected chi connectivity index (χ0v) is 22.1. The quantitative estimate of drug-likeness (QED) is 0.135. The number of rotatable bonds is 19. The first-order chi connectivity index (χ1) is 18.0. The lowest BCUT2D eigenvalue weighted by molar-refractivity contribution is -0.0549. The monoisotopic (exact) mass is 526 g/mol. The van der Waals surface area contributed by atoms with Crippen LogP contribution in [0.4, 0.5) is 10.6 Å². The highest BCUT2D eigenvalue weighted by atomic mass is 16.7. The Labute approximate surface area is 219 Å². The van der Waals surface area contributed by atoms with Crippen molar-refractivity contribution in [2.24, 2.45) is 0 Å². The number of ether oxygens (including phenoxy) is 1. The second-order valence-corrected chi connectivity index (χ2v) is 9.75. The number of hydrogen-bond acceptors (Lipinski definition) is 9. The van der Waals surface area contributed by atoms with Gasteiger partial charge in [-0.1, -0.05) is 90.4 Å². The molecule has 2 rings (SSSR count). The van der Waals surface area contributed by atoms with Gasteiger partial charge in [0, 0.05) is 18.8 Å². The van der Waals surface area contributed by atoms with Crippen LogP contribution in [0.5, 0.6) is 0 Å². The van der Waals surface area contributed by atoms with Crippen molar-refractivity contribution in [3.8, 4) is 0 Å². The van der Waals surface area contributed by atoms with E-state index in [1.807, 2.05) is 0 Å². The first kappa shape index (κ1) is 31.0. The highest BCUT2D eigenvalue weighted by molar-refractivity contribution is 5.67. The Morgan fingerprint density at radius 3 is 2.05 bits per heavy atom. The minimum Gasteiger partial charge on any atom is -0.394 e. The molecule has 1 aliphatic heterocycles. The average Bonchev–Trinajstić information content (AvgIpc) is 3.18. The van der Waals surface area contributed by atoms with Crippen molar-refractivity contribution in [3.05, 3.63) is 22.7 Å². The van der Waals surface area contributed by atoms with Crippen LogP contribution in [-0.4, -0.2) is 62.4 Å². The van der Waals surface area contributed by atoms with Gasteiger partial charge in [-0.05, 0) is 6.42 Å². The average molecular weight is 527 g/mol. The molecule has 0 aliphatic carbocycles. The van der Waals surface area contributed by atoms with Gasteiger partial charge in [-0.15, -0.1) is 0 Å². The molecule has 37 heavy (non-hydrogen) atoms. The lowest BCUT2D eigenvalue weighted by Crippen LogP contribution is -2.36. The van der Waals surface area contributed by atoms with Gasteiger partial charge in [-0.2, -0.15) is 10.5 Å². The summed E-state index contributed by atoms with van der Waals surface area (Å²) in [5.74, 6) is -0.000337. The van der Waals surface area contributed by atoms with Gasteiger partial charge in [0.25, 0.3) is 0 Å². The Balaban J connectivity index is 1.49. The minimum absolute atomic E-state index is 0.000337. The number of unbranched alkanes of at least 4 members (excludes halogenated alkanes) is 13. The standard InChI is InChI=1S/C26H46N4O7/c1-2-3-4-5-6-7-8-9-10-11-12-13-14-15-17-27-26(35)37-29-21-16-18-30(25(34)28-21)24-23(33)22(32)20(19-31)36-24/h16,18,20,22-24,31-33H,2-15,17,19H2,1H3,(H,27,35)(H,28,29,34)/t20-,22?,23?,24-/m1/s1. The molecule has 11 nitrogen and oxygen atoms in total. The summed E-state index contributed by atoms with van der Waals surface area (Å²) >= 11 is 0. The molecule has 0 aromatic carbocycles. The van der Waals surface area contributed by atoms with Crippen LogP contribution in [0.25, 0.3) is 0 Å². The fraction of sp³-hybridized carbons (Fsp3) is 0.808. The number of nitrogens with one attached hydrogen (secondary N) is 2. The van der Waals surface area contributed by atoms with Gasteiger partial charge in [0.15, 0.2) is 12.0 Å². The van der Waals surface area contributed by atoms with Gasteiger partial charge in [-0.3, -0.25) is 4.57 Å². The van der Waals surface area contributed by atoms with E-state index in [-0.39, 0.29) is 5.82 Å². The van der Waals surface area contributed by atoms with Crippen molar-refractivity contribution in [2.45, 2.75) is 121 Å². The summed E-state index contributed by atoms with van der Waals surface area (Å²) in [5, 5.41) is 31.7. The number of anilines is 1. The second-order valence-electron chi connectivity index (χ2n) is 9.75. The molecule has 1 fully saturated rings. The van der Waals surface area contributed by atoms with E-state index in [9.17, 15) is 24.9 Å². The molecule has 1 aromatic heterocycles. The summed E-state index contributed by atoms with van der Waals surface area (Å²) in [6.07, 6.45) is 13.5. The molecule has 11 heteroatoms. The molecule has 0 spiro atoms.